The highest BCUT2D eigenvalue weighted by molar-refractivity contribution is 5.24. The monoisotopic (exact) mass is 247 g/mol. The Morgan fingerprint density at radius 3 is 3.06 bits per heavy atom. The van der Waals surface area contributed by atoms with Crippen molar-refractivity contribution >= 4 is 0 Å². The normalized spacial score (nSPS) is 30.9. The molecule has 0 amide bonds. The molecular formula is C15H25N3. The van der Waals surface area contributed by atoms with E-state index in [1.54, 1.807) is 0 Å². The van der Waals surface area contributed by atoms with Crippen LogP contribution in [-0.2, 0) is 19.4 Å². The van der Waals surface area contributed by atoms with Gasteiger partial charge in [0.05, 0.1) is 5.69 Å². The van der Waals surface area contributed by atoms with Crippen LogP contribution >= 0.6 is 0 Å². The molecule has 2 N–H and O–H groups in total. The van der Waals surface area contributed by atoms with E-state index in [-0.39, 0.29) is 0 Å². The lowest BCUT2D eigenvalue weighted by atomic mass is 9.86. The predicted molar refractivity (Wildman–Crippen MR) is 73.7 cm³/mol. The van der Waals surface area contributed by atoms with Crippen molar-refractivity contribution in [2.75, 3.05) is 0 Å². The van der Waals surface area contributed by atoms with Gasteiger partial charge in [-0.05, 0) is 31.6 Å². The second-order valence-electron chi connectivity index (χ2n) is 6.27. The summed E-state index contributed by atoms with van der Waals surface area (Å²) < 4.78 is 2.45. The Kier molecular flexibility index (Phi) is 3.18. The number of nitrogens with zero attached hydrogens (tertiary/aromatic N) is 2. The van der Waals surface area contributed by atoms with E-state index >= 15 is 0 Å². The number of nitrogens with two attached hydrogens (primary N) is 1. The lowest BCUT2D eigenvalue weighted by Gasteiger charge is -2.28. The summed E-state index contributed by atoms with van der Waals surface area (Å²) in [6.07, 6.45) is 7.50. The van der Waals surface area contributed by atoms with Gasteiger partial charge in [0.25, 0.3) is 0 Å². The first kappa shape index (κ1) is 12.2. The molecule has 3 unspecified atom stereocenters. The van der Waals surface area contributed by atoms with Gasteiger partial charge in [0.2, 0.25) is 0 Å². The molecule has 0 saturated carbocycles. The highest BCUT2D eigenvalue weighted by atomic mass is 15.1. The van der Waals surface area contributed by atoms with E-state index in [9.17, 15) is 0 Å². The predicted octanol–water partition coefficient (Wildman–Crippen LogP) is 2.62. The molecule has 3 nitrogen and oxygen atoms in total. The molecule has 3 rings (SSSR count). The Morgan fingerprint density at radius 2 is 2.28 bits per heavy atom. The van der Waals surface area contributed by atoms with E-state index in [1.165, 1.54) is 49.3 Å². The molecule has 2 aliphatic rings. The molecule has 0 fully saturated rings. The molecule has 0 aromatic carbocycles. The van der Waals surface area contributed by atoms with Gasteiger partial charge in [0, 0.05) is 24.2 Å². The Morgan fingerprint density at radius 1 is 1.44 bits per heavy atom. The molecule has 1 aromatic rings. The van der Waals surface area contributed by atoms with E-state index in [2.05, 4.69) is 18.4 Å². The zero-order valence-corrected chi connectivity index (χ0v) is 11.7. The van der Waals surface area contributed by atoms with Gasteiger partial charge in [-0.15, -0.1) is 0 Å². The van der Waals surface area contributed by atoms with Crippen LogP contribution in [0.5, 0.6) is 0 Å². The van der Waals surface area contributed by atoms with Crippen molar-refractivity contribution in [2.45, 2.75) is 70.9 Å². The maximum atomic E-state index is 6.18. The van der Waals surface area contributed by atoms with Crippen LogP contribution in [0.2, 0.25) is 0 Å². The summed E-state index contributed by atoms with van der Waals surface area (Å²) in [6.45, 7) is 5.55. The van der Waals surface area contributed by atoms with Crippen molar-refractivity contribution in [1.82, 2.24) is 9.55 Å². The van der Waals surface area contributed by atoms with E-state index in [0.29, 0.717) is 12.0 Å². The fraction of sp³-hybridized carbons (Fsp3) is 0.800. The SMILES string of the molecule is CCCC1CCc2nc3n(c2C1)CC(N)CC3C. The second-order valence-corrected chi connectivity index (χ2v) is 6.27. The van der Waals surface area contributed by atoms with Gasteiger partial charge in [-0.1, -0.05) is 26.7 Å². The van der Waals surface area contributed by atoms with Crippen LogP contribution in [0.15, 0.2) is 0 Å². The third-order valence-corrected chi connectivity index (χ3v) is 4.67. The summed E-state index contributed by atoms with van der Waals surface area (Å²) >= 11 is 0. The van der Waals surface area contributed by atoms with Crippen molar-refractivity contribution in [2.24, 2.45) is 11.7 Å². The smallest absolute Gasteiger partial charge is 0.112 e. The number of hydrogen-bond acceptors (Lipinski definition) is 2. The van der Waals surface area contributed by atoms with Gasteiger partial charge in [-0.2, -0.15) is 0 Å². The summed E-state index contributed by atoms with van der Waals surface area (Å²) in [5.41, 5.74) is 9.06. The third kappa shape index (κ3) is 1.99. The van der Waals surface area contributed by atoms with E-state index in [0.717, 1.165) is 18.9 Å². The molecular weight excluding hydrogens is 222 g/mol. The molecule has 100 valence electrons. The molecule has 1 aliphatic heterocycles. The van der Waals surface area contributed by atoms with E-state index in [4.69, 9.17) is 10.7 Å². The van der Waals surface area contributed by atoms with Crippen LogP contribution in [0.3, 0.4) is 0 Å². The van der Waals surface area contributed by atoms with Crippen molar-refractivity contribution < 1.29 is 0 Å². The zero-order valence-electron chi connectivity index (χ0n) is 11.7. The number of hydrogen-bond donors (Lipinski definition) is 1. The first-order chi connectivity index (χ1) is 8.69. The first-order valence-corrected chi connectivity index (χ1v) is 7.52. The van der Waals surface area contributed by atoms with Gasteiger partial charge in [-0.25, -0.2) is 4.98 Å². The number of rotatable bonds is 2. The van der Waals surface area contributed by atoms with Crippen molar-refractivity contribution in [3.63, 3.8) is 0 Å². The molecule has 0 spiro atoms. The number of imidazole rings is 1. The minimum Gasteiger partial charge on any atom is -0.330 e. The van der Waals surface area contributed by atoms with Crippen molar-refractivity contribution in [3.05, 3.63) is 17.2 Å². The van der Waals surface area contributed by atoms with Gasteiger partial charge < -0.3 is 10.3 Å². The zero-order chi connectivity index (χ0) is 12.7. The minimum atomic E-state index is 0.317. The summed E-state index contributed by atoms with van der Waals surface area (Å²) in [7, 11) is 0. The summed E-state index contributed by atoms with van der Waals surface area (Å²) in [5, 5.41) is 0. The molecule has 0 bridgehead atoms. The maximum Gasteiger partial charge on any atom is 0.112 e. The molecule has 1 aliphatic carbocycles. The Balaban J connectivity index is 1.92. The van der Waals surface area contributed by atoms with E-state index in [1.807, 2.05) is 0 Å². The quantitative estimate of drug-likeness (QED) is 0.873. The van der Waals surface area contributed by atoms with Crippen molar-refractivity contribution in [1.29, 1.82) is 0 Å². The number of aryl methyl sites for hydroxylation is 1. The molecule has 3 atom stereocenters. The Hall–Kier alpha value is -0.830. The molecule has 1 aromatic heterocycles. The molecule has 18 heavy (non-hydrogen) atoms. The van der Waals surface area contributed by atoms with Crippen molar-refractivity contribution in [3.8, 4) is 0 Å². The topological polar surface area (TPSA) is 43.8 Å². The largest absolute Gasteiger partial charge is 0.330 e. The minimum absolute atomic E-state index is 0.317. The third-order valence-electron chi connectivity index (χ3n) is 4.67. The summed E-state index contributed by atoms with van der Waals surface area (Å²) in [5.74, 6) is 2.71. The summed E-state index contributed by atoms with van der Waals surface area (Å²) in [6, 6.07) is 0.317. The average Bonchev–Trinajstić information content (AvgIpc) is 2.68. The fourth-order valence-corrected chi connectivity index (χ4v) is 3.80. The lowest BCUT2D eigenvalue weighted by Crippen LogP contribution is -2.34. The molecule has 2 heterocycles. The lowest BCUT2D eigenvalue weighted by molar-refractivity contribution is 0.374. The highest BCUT2D eigenvalue weighted by Crippen LogP contribution is 2.34. The number of fused-ring (bicyclic) bond motifs is 3. The Bertz CT molecular complexity index is 435. The standard InChI is InChI=1S/C15H25N3/c1-3-4-11-5-6-13-14(8-11)18-9-12(16)7-10(2)15(18)17-13/h10-12H,3-9,16H2,1-2H3. The molecule has 0 saturated heterocycles. The molecule has 3 heteroatoms. The van der Waals surface area contributed by atoms with Crippen LogP contribution in [0.1, 0.15) is 62.7 Å². The second kappa shape index (κ2) is 4.69. The highest BCUT2D eigenvalue weighted by Gasteiger charge is 2.30. The average molecular weight is 247 g/mol. The van der Waals surface area contributed by atoms with Gasteiger partial charge >= 0.3 is 0 Å². The first-order valence-electron chi connectivity index (χ1n) is 7.52. The maximum absolute atomic E-state index is 6.18. The van der Waals surface area contributed by atoms with Gasteiger partial charge in [0.1, 0.15) is 5.82 Å². The molecule has 0 radical (unpaired) electrons. The Labute approximate surface area is 110 Å². The van der Waals surface area contributed by atoms with E-state index < -0.39 is 0 Å². The van der Waals surface area contributed by atoms with Gasteiger partial charge in [0.15, 0.2) is 0 Å². The fourth-order valence-electron chi connectivity index (χ4n) is 3.80. The summed E-state index contributed by atoms with van der Waals surface area (Å²) in [4.78, 5) is 4.91. The number of aromatic nitrogens is 2. The van der Waals surface area contributed by atoms with Crippen LogP contribution < -0.4 is 5.73 Å². The van der Waals surface area contributed by atoms with Crippen LogP contribution in [0.4, 0.5) is 0 Å². The van der Waals surface area contributed by atoms with Gasteiger partial charge in [-0.3, -0.25) is 0 Å². The van der Waals surface area contributed by atoms with Crippen LogP contribution in [0.25, 0.3) is 0 Å². The van der Waals surface area contributed by atoms with Crippen LogP contribution in [0, 0.1) is 5.92 Å². The van der Waals surface area contributed by atoms with Crippen LogP contribution in [-0.4, -0.2) is 15.6 Å².